The topological polar surface area (TPSA) is 60.9 Å². The van der Waals surface area contributed by atoms with E-state index in [1.807, 2.05) is 9.80 Å². The fourth-order valence-corrected chi connectivity index (χ4v) is 4.71. The molecule has 0 saturated carbocycles. The second-order valence-electron chi connectivity index (χ2n) is 8.58. The van der Waals surface area contributed by atoms with Gasteiger partial charge in [-0.15, -0.1) is 0 Å². The smallest absolute Gasteiger partial charge is 0.251 e. The Kier molecular flexibility index (Phi) is 5.67. The van der Waals surface area contributed by atoms with E-state index in [4.69, 9.17) is 0 Å². The van der Waals surface area contributed by atoms with Gasteiger partial charge in [0.1, 0.15) is 5.82 Å². The lowest BCUT2D eigenvalue weighted by Gasteiger charge is -2.38. The molecule has 3 amide bonds. The highest BCUT2D eigenvalue weighted by atomic mass is 19.1. The molecule has 1 aromatic rings. The van der Waals surface area contributed by atoms with Gasteiger partial charge < -0.3 is 4.90 Å². The first-order valence-electron chi connectivity index (χ1n) is 10.6. The van der Waals surface area contributed by atoms with E-state index in [1.165, 1.54) is 24.3 Å². The Balaban J connectivity index is 1.35. The fourth-order valence-electron chi connectivity index (χ4n) is 4.71. The fraction of sp³-hybridized carbons (Fsp3) is 0.591. The second-order valence-corrected chi connectivity index (χ2v) is 8.58. The second kappa shape index (κ2) is 8.22. The molecule has 0 bridgehead atoms. The largest absolute Gasteiger partial charge is 0.342 e. The van der Waals surface area contributed by atoms with E-state index in [-0.39, 0.29) is 30.1 Å². The molecular formula is C22H28FN3O3. The maximum atomic E-state index is 13.2. The Morgan fingerprint density at radius 2 is 1.59 bits per heavy atom. The van der Waals surface area contributed by atoms with Gasteiger partial charge in [-0.1, -0.05) is 6.92 Å². The Morgan fingerprint density at radius 3 is 2.21 bits per heavy atom. The van der Waals surface area contributed by atoms with Crippen molar-refractivity contribution in [3.05, 3.63) is 30.1 Å². The number of piperidine rings is 2. The third-order valence-electron chi connectivity index (χ3n) is 6.62. The molecule has 4 rings (SSSR count). The zero-order valence-corrected chi connectivity index (χ0v) is 16.8. The summed E-state index contributed by atoms with van der Waals surface area (Å²) in [6.45, 7) is 5.21. The quantitative estimate of drug-likeness (QED) is 0.730. The van der Waals surface area contributed by atoms with Crippen LogP contribution in [0.25, 0.3) is 0 Å². The van der Waals surface area contributed by atoms with Gasteiger partial charge in [0.2, 0.25) is 11.8 Å². The third kappa shape index (κ3) is 4.06. The number of nitrogens with zero attached hydrogens (tertiary/aromatic N) is 3. The lowest BCUT2D eigenvalue weighted by atomic mass is 9.92. The van der Waals surface area contributed by atoms with Crippen LogP contribution in [0.2, 0.25) is 0 Å². The summed E-state index contributed by atoms with van der Waals surface area (Å²) in [6, 6.07) is 4.93. The van der Waals surface area contributed by atoms with Crippen molar-refractivity contribution in [2.75, 3.05) is 31.1 Å². The standard InChI is InChI=1S/C22H28FN3O3/c1-15-6-10-25(11-7-15)21(28)16-8-12-24(13-9-16)19-14-20(27)26(22(19)29)18-4-2-17(23)3-5-18/h2-5,15-16,19H,6-14H2,1H3/t19-/m1/s1. The minimum atomic E-state index is -0.487. The van der Waals surface area contributed by atoms with Crippen LogP contribution >= 0.6 is 0 Å². The van der Waals surface area contributed by atoms with Gasteiger partial charge in [0, 0.05) is 19.0 Å². The van der Waals surface area contributed by atoms with Crippen LogP contribution in [-0.2, 0) is 14.4 Å². The van der Waals surface area contributed by atoms with Gasteiger partial charge in [-0.3, -0.25) is 19.3 Å². The molecule has 1 atom stereocenters. The molecule has 0 radical (unpaired) electrons. The van der Waals surface area contributed by atoms with Crippen LogP contribution in [0.1, 0.15) is 39.0 Å². The van der Waals surface area contributed by atoms with Crippen molar-refractivity contribution in [3.8, 4) is 0 Å². The summed E-state index contributed by atoms with van der Waals surface area (Å²) >= 11 is 0. The molecule has 156 valence electrons. The van der Waals surface area contributed by atoms with Crippen molar-refractivity contribution in [2.24, 2.45) is 11.8 Å². The van der Waals surface area contributed by atoms with E-state index >= 15 is 0 Å². The van der Waals surface area contributed by atoms with Crippen molar-refractivity contribution in [1.82, 2.24) is 9.80 Å². The van der Waals surface area contributed by atoms with Crippen molar-refractivity contribution in [3.63, 3.8) is 0 Å². The minimum Gasteiger partial charge on any atom is -0.342 e. The van der Waals surface area contributed by atoms with Crippen LogP contribution in [0.4, 0.5) is 10.1 Å². The molecule has 3 fully saturated rings. The van der Waals surface area contributed by atoms with E-state index in [0.717, 1.165) is 43.7 Å². The van der Waals surface area contributed by atoms with Gasteiger partial charge in [-0.2, -0.15) is 0 Å². The normalized spacial score (nSPS) is 25.1. The minimum absolute atomic E-state index is 0.0139. The van der Waals surface area contributed by atoms with Gasteiger partial charge >= 0.3 is 0 Å². The van der Waals surface area contributed by atoms with Gasteiger partial charge in [0.05, 0.1) is 18.2 Å². The average Bonchev–Trinajstić information content (AvgIpc) is 3.03. The molecule has 6 nitrogen and oxygen atoms in total. The summed E-state index contributed by atoms with van der Waals surface area (Å²) in [7, 11) is 0. The SMILES string of the molecule is CC1CCN(C(=O)C2CCN([C@@H]3CC(=O)N(c4ccc(F)cc4)C3=O)CC2)CC1. The number of hydrogen-bond acceptors (Lipinski definition) is 4. The van der Waals surface area contributed by atoms with Crippen LogP contribution < -0.4 is 4.90 Å². The maximum absolute atomic E-state index is 13.2. The van der Waals surface area contributed by atoms with E-state index in [0.29, 0.717) is 24.7 Å². The Labute approximate surface area is 170 Å². The molecule has 3 aliphatic rings. The average molecular weight is 401 g/mol. The van der Waals surface area contributed by atoms with E-state index in [9.17, 15) is 18.8 Å². The predicted octanol–water partition coefficient (Wildman–Crippen LogP) is 2.43. The van der Waals surface area contributed by atoms with E-state index in [2.05, 4.69) is 6.92 Å². The van der Waals surface area contributed by atoms with Gasteiger partial charge in [0.15, 0.2) is 0 Å². The molecule has 0 aromatic heterocycles. The number of benzene rings is 1. The molecule has 7 heteroatoms. The number of likely N-dealkylation sites (tertiary alicyclic amines) is 2. The van der Waals surface area contributed by atoms with E-state index < -0.39 is 11.9 Å². The van der Waals surface area contributed by atoms with Crippen molar-refractivity contribution in [1.29, 1.82) is 0 Å². The van der Waals surface area contributed by atoms with Crippen molar-refractivity contribution >= 4 is 23.4 Å². The number of hydrogen-bond donors (Lipinski definition) is 0. The molecule has 0 unspecified atom stereocenters. The number of carbonyl (C=O) groups is 3. The van der Waals surface area contributed by atoms with Gasteiger partial charge in [-0.05, 0) is 69.0 Å². The number of amides is 3. The monoisotopic (exact) mass is 401 g/mol. The third-order valence-corrected chi connectivity index (χ3v) is 6.62. The molecule has 0 spiro atoms. The molecule has 0 aliphatic carbocycles. The summed E-state index contributed by atoms with van der Waals surface area (Å²) in [5.41, 5.74) is 0.410. The number of halogens is 1. The van der Waals surface area contributed by atoms with Crippen molar-refractivity contribution in [2.45, 2.75) is 45.1 Å². The van der Waals surface area contributed by atoms with Crippen LogP contribution in [0.15, 0.2) is 24.3 Å². The molecular weight excluding hydrogens is 373 g/mol. The molecule has 3 heterocycles. The zero-order chi connectivity index (χ0) is 20.5. The van der Waals surface area contributed by atoms with E-state index in [1.54, 1.807) is 0 Å². The van der Waals surface area contributed by atoms with Gasteiger partial charge in [-0.25, -0.2) is 9.29 Å². The summed E-state index contributed by atoms with van der Waals surface area (Å²) in [5, 5.41) is 0. The van der Waals surface area contributed by atoms with Crippen LogP contribution in [0, 0.1) is 17.7 Å². The first-order chi connectivity index (χ1) is 13.9. The molecule has 0 N–H and O–H groups in total. The highest BCUT2D eigenvalue weighted by Crippen LogP contribution is 2.30. The number of imide groups is 1. The summed E-state index contributed by atoms with van der Waals surface area (Å²) in [5.74, 6) is 0.0391. The lowest BCUT2D eigenvalue weighted by Crippen LogP contribution is -2.49. The Bertz CT molecular complexity index is 781. The lowest BCUT2D eigenvalue weighted by molar-refractivity contribution is -0.138. The number of rotatable bonds is 3. The van der Waals surface area contributed by atoms with Crippen LogP contribution in [0.5, 0.6) is 0 Å². The Hall–Kier alpha value is -2.28. The summed E-state index contributed by atoms with van der Waals surface area (Å²) < 4.78 is 13.2. The highest BCUT2D eigenvalue weighted by molar-refractivity contribution is 6.22. The number of carbonyl (C=O) groups excluding carboxylic acids is 3. The predicted molar refractivity (Wildman–Crippen MR) is 107 cm³/mol. The maximum Gasteiger partial charge on any atom is 0.251 e. The van der Waals surface area contributed by atoms with Crippen LogP contribution in [-0.4, -0.2) is 59.7 Å². The number of anilines is 1. The van der Waals surface area contributed by atoms with Crippen molar-refractivity contribution < 1.29 is 18.8 Å². The Morgan fingerprint density at radius 1 is 0.966 bits per heavy atom. The molecule has 29 heavy (non-hydrogen) atoms. The first kappa shape index (κ1) is 20.0. The van der Waals surface area contributed by atoms with Gasteiger partial charge in [0.25, 0.3) is 5.91 Å². The summed E-state index contributed by atoms with van der Waals surface area (Å²) in [6.07, 6.45) is 3.72. The zero-order valence-electron chi connectivity index (χ0n) is 16.8. The highest BCUT2D eigenvalue weighted by Gasteiger charge is 2.44. The molecule has 3 aliphatic heterocycles. The first-order valence-corrected chi connectivity index (χ1v) is 10.6. The van der Waals surface area contributed by atoms with Crippen LogP contribution in [0.3, 0.4) is 0 Å². The molecule has 3 saturated heterocycles. The summed E-state index contributed by atoms with van der Waals surface area (Å²) in [4.78, 5) is 43.4. The molecule has 1 aromatic carbocycles.